The molecule has 0 N–H and O–H groups in total. The maximum Gasteiger partial charge on any atom is 0.416 e. The molecular formula is C15H12ClF3N2O. The van der Waals surface area contributed by atoms with Crippen molar-refractivity contribution in [2.24, 2.45) is 0 Å². The lowest BCUT2D eigenvalue weighted by Crippen LogP contribution is -2.06. The van der Waals surface area contributed by atoms with Crippen LogP contribution in [0.5, 0.6) is 0 Å². The van der Waals surface area contributed by atoms with E-state index in [0.717, 1.165) is 12.1 Å². The molecule has 3 nitrogen and oxygen atoms in total. The summed E-state index contributed by atoms with van der Waals surface area (Å²) in [6.07, 6.45) is 1.49. The van der Waals surface area contributed by atoms with Crippen molar-refractivity contribution in [1.82, 2.24) is 9.78 Å². The highest BCUT2D eigenvalue weighted by Crippen LogP contribution is 2.29. The Morgan fingerprint density at radius 2 is 2.14 bits per heavy atom. The van der Waals surface area contributed by atoms with Crippen molar-refractivity contribution in [3.05, 3.63) is 59.4 Å². The molecule has 0 atom stereocenters. The molecule has 0 saturated heterocycles. The molecule has 1 aromatic heterocycles. The van der Waals surface area contributed by atoms with E-state index in [1.807, 2.05) is 0 Å². The zero-order valence-electron chi connectivity index (χ0n) is 11.3. The Morgan fingerprint density at radius 1 is 1.36 bits per heavy atom. The first-order valence-corrected chi connectivity index (χ1v) is 6.91. The summed E-state index contributed by atoms with van der Waals surface area (Å²) in [5.41, 5.74) is -0.189. The molecule has 1 heterocycles. The zero-order chi connectivity index (χ0) is 16.2. The average Bonchev–Trinajstić information content (AvgIpc) is 2.92. The molecule has 1 aromatic carbocycles. The van der Waals surface area contributed by atoms with Gasteiger partial charge >= 0.3 is 6.18 Å². The highest BCUT2D eigenvalue weighted by atomic mass is 35.5. The lowest BCUT2D eigenvalue weighted by Gasteiger charge is -2.06. The van der Waals surface area contributed by atoms with Gasteiger partial charge in [0, 0.05) is 23.2 Å². The quantitative estimate of drug-likeness (QED) is 0.472. The van der Waals surface area contributed by atoms with Crippen LogP contribution in [-0.2, 0) is 12.7 Å². The number of allylic oxidation sites excluding steroid dienone is 1. The van der Waals surface area contributed by atoms with E-state index in [-0.39, 0.29) is 5.56 Å². The third-order valence-corrected chi connectivity index (χ3v) is 3.04. The first kappa shape index (κ1) is 16.3. The summed E-state index contributed by atoms with van der Waals surface area (Å²) < 4.78 is 39.4. The SMILES string of the molecule is O=C(C=Cc1cnn(CCCl)c1)c1cccc(C(F)(F)F)c1. The molecule has 2 aromatic rings. The monoisotopic (exact) mass is 328 g/mol. The van der Waals surface area contributed by atoms with Crippen LogP contribution in [0.4, 0.5) is 13.2 Å². The minimum Gasteiger partial charge on any atom is -0.289 e. The lowest BCUT2D eigenvalue weighted by molar-refractivity contribution is -0.137. The van der Waals surface area contributed by atoms with Crippen LogP contribution in [0.1, 0.15) is 21.5 Å². The maximum absolute atomic E-state index is 12.6. The van der Waals surface area contributed by atoms with E-state index in [9.17, 15) is 18.0 Å². The van der Waals surface area contributed by atoms with Gasteiger partial charge in [-0.15, -0.1) is 11.6 Å². The van der Waals surface area contributed by atoms with Crippen molar-refractivity contribution in [2.75, 3.05) is 5.88 Å². The van der Waals surface area contributed by atoms with E-state index in [2.05, 4.69) is 5.10 Å². The predicted molar refractivity (Wildman–Crippen MR) is 77.8 cm³/mol. The molecule has 2 rings (SSSR count). The third kappa shape index (κ3) is 4.21. The summed E-state index contributed by atoms with van der Waals surface area (Å²) in [6.45, 7) is 0.539. The summed E-state index contributed by atoms with van der Waals surface area (Å²) in [4.78, 5) is 11.9. The zero-order valence-corrected chi connectivity index (χ0v) is 12.1. The largest absolute Gasteiger partial charge is 0.416 e. The second-order valence-corrected chi connectivity index (χ2v) is 4.88. The molecule has 0 aliphatic carbocycles. The Bertz CT molecular complexity index is 692. The van der Waals surface area contributed by atoms with Crippen molar-refractivity contribution < 1.29 is 18.0 Å². The number of aryl methyl sites for hydroxylation is 1. The Balaban J connectivity index is 2.13. The van der Waals surface area contributed by atoms with Crippen LogP contribution in [0.2, 0.25) is 0 Å². The van der Waals surface area contributed by atoms with Gasteiger partial charge in [0.2, 0.25) is 0 Å². The Labute approximate surface area is 130 Å². The fourth-order valence-electron chi connectivity index (χ4n) is 1.79. The van der Waals surface area contributed by atoms with Crippen LogP contribution in [-0.4, -0.2) is 21.4 Å². The molecule has 22 heavy (non-hydrogen) atoms. The van der Waals surface area contributed by atoms with Crippen LogP contribution in [0.25, 0.3) is 6.08 Å². The number of carbonyl (C=O) groups excluding carboxylic acids is 1. The molecule has 116 valence electrons. The second-order valence-electron chi connectivity index (χ2n) is 4.50. The van der Waals surface area contributed by atoms with Gasteiger partial charge in [0.05, 0.1) is 18.3 Å². The number of hydrogen-bond acceptors (Lipinski definition) is 2. The van der Waals surface area contributed by atoms with Gasteiger partial charge in [-0.05, 0) is 24.3 Å². The number of alkyl halides is 4. The van der Waals surface area contributed by atoms with Gasteiger partial charge in [0.1, 0.15) is 0 Å². The number of aromatic nitrogens is 2. The number of nitrogens with zero attached hydrogens (tertiary/aromatic N) is 2. The second kappa shape index (κ2) is 6.79. The van der Waals surface area contributed by atoms with Crippen molar-refractivity contribution in [3.8, 4) is 0 Å². The summed E-state index contributed by atoms with van der Waals surface area (Å²) in [5.74, 6) is -0.0928. The van der Waals surface area contributed by atoms with Gasteiger partial charge in [-0.25, -0.2) is 0 Å². The van der Waals surface area contributed by atoms with Crippen molar-refractivity contribution >= 4 is 23.5 Å². The van der Waals surface area contributed by atoms with Crippen LogP contribution in [0.3, 0.4) is 0 Å². The molecule has 0 saturated carbocycles. The minimum absolute atomic E-state index is 0.0146. The molecule has 0 fully saturated rings. The number of benzene rings is 1. The first-order valence-electron chi connectivity index (χ1n) is 6.38. The van der Waals surface area contributed by atoms with Crippen molar-refractivity contribution in [2.45, 2.75) is 12.7 Å². The topological polar surface area (TPSA) is 34.9 Å². The third-order valence-electron chi connectivity index (χ3n) is 2.87. The molecular weight excluding hydrogens is 317 g/mol. The fraction of sp³-hybridized carbons (Fsp3) is 0.200. The average molecular weight is 329 g/mol. The molecule has 0 aliphatic rings. The number of rotatable bonds is 5. The van der Waals surface area contributed by atoms with E-state index < -0.39 is 17.5 Å². The number of carbonyl (C=O) groups is 1. The lowest BCUT2D eigenvalue weighted by atomic mass is 10.1. The van der Waals surface area contributed by atoms with Gasteiger partial charge < -0.3 is 0 Å². The maximum atomic E-state index is 12.6. The summed E-state index contributed by atoms with van der Waals surface area (Å²) in [6, 6.07) is 4.32. The van der Waals surface area contributed by atoms with Gasteiger partial charge in [-0.1, -0.05) is 12.1 Å². The van der Waals surface area contributed by atoms with Crippen molar-refractivity contribution in [3.63, 3.8) is 0 Å². The molecule has 0 amide bonds. The number of ketones is 1. The van der Waals surface area contributed by atoms with Gasteiger partial charge in [-0.2, -0.15) is 18.3 Å². The molecule has 7 heteroatoms. The molecule has 0 radical (unpaired) electrons. The normalized spacial score (nSPS) is 12.0. The first-order chi connectivity index (χ1) is 10.4. The number of halogens is 4. The van der Waals surface area contributed by atoms with E-state index >= 15 is 0 Å². The molecule has 0 spiro atoms. The van der Waals surface area contributed by atoms with Gasteiger partial charge in [-0.3, -0.25) is 9.48 Å². The molecule has 0 aliphatic heterocycles. The van der Waals surface area contributed by atoms with Crippen LogP contribution in [0, 0.1) is 0 Å². The van der Waals surface area contributed by atoms with E-state index in [1.165, 1.54) is 24.3 Å². The van der Waals surface area contributed by atoms with E-state index in [0.29, 0.717) is 18.0 Å². The fourth-order valence-corrected chi connectivity index (χ4v) is 1.96. The van der Waals surface area contributed by atoms with Gasteiger partial charge in [0.25, 0.3) is 0 Å². The molecule has 0 unspecified atom stereocenters. The summed E-state index contributed by atoms with van der Waals surface area (Å²) in [5, 5.41) is 4.02. The van der Waals surface area contributed by atoms with Crippen LogP contribution in [0.15, 0.2) is 42.7 Å². The van der Waals surface area contributed by atoms with E-state index in [1.54, 1.807) is 17.1 Å². The highest BCUT2D eigenvalue weighted by Gasteiger charge is 2.30. The van der Waals surface area contributed by atoms with Gasteiger partial charge in [0.15, 0.2) is 5.78 Å². The van der Waals surface area contributed by atoms with E-state index in [4.69, 9.17) is 11.6 Å². The Hall–Kier alpha value is -2.08. The van der Waals surface area contributed by atoms with Crippen LogP contribution >= 0.6 is 11.6 Å². The molecule has 0 bridgehead atoms. The Morgan fingerprint density at radius 3 is 2.82 bits per heavy atom. The predicted octanol–water partition coefficient (Wildman–Crippen LogP) is 4.04. The number of hydrogen-bond donors (Lipinski definition) is 0. The smallest absolute Gasteiger partial charge is 0.289 e. The standard InChI is InChI=1S/C15H12ClF3N2O/c16-6-7-21-10-11(9-20-21)4-5-14(22)12-2-1-3-13(8-12)15(17,18)19/h1-5,8-10H,6-7H2. The highest BCUT2D eigenvalue weighted by molar-refractivity contribution is 6.17. The van der Waals surface area contributed by atoms with Crippen LogP contribution < -0.4 is 0 Å². The summed E-state index contributed by atoms with van der Waals surface area (Å²) in [7, 11) is 0. The Kier molecular flexibility index (Phi) is 5.03. The minimum atomic E-state index is -4.47. The summed E-state index contributed by atoms with van der Waals surface area (Å²) >= 11 is 5.58. The van der Waals surface area contributed by atoms with Crippen molar-refractivity contribution in [1.29, 1.82) is 0 Å².